The Morgan fingerprint density at radius 1 is 1.10 bits per heavy atom. The lowest BCUT2D eigenvalue weighted by atomic mass is 10.1. The van der Waals surface area contributed by atoms with Crippen molar-refractivity contribution in [2.24, 2.45) is 5.10 Å². The number of rotatable bonds is 3. The van der Waals surface area contributed by atoms with Gasteiger partial charge in [0.25, 0.3) is 5.91 Å². The van der Waals surface area contributed by atoms with Crippen LogP contribution in [0.4, 0.5) is 0 Å². The van der Waals surface area contributed by atoms with Gasteiger partial charge < -0.3 is 10.2 Å². The van der Waals surface area contributed by atoms with Gasteiger partial charge in [-0.05, 0) is 37.6 Å². The maximum Gasteiger partial charge on any atom is 0.275 e. The maximum atomic E-state index is 11.9. The SMILES string of the molecule is CC(=NNC(=O)c1cc(O)ccc1O)c1ccccc1C. The molecule has 0 heterocycles. The van der Waals surface area contributed by atoms with Gasteiger partial charge in [0, 0.05) is 5.56 Å². The number of carbonyl (C=O) groups excluding carboxylic acids is 1. The van der Waals surface area contributed by atoms with Crippen LogP contribution in [-0.2, 0) is 0 Å². The molecule has 5 heteroatoms. The Kier molecular flexibility index (Phi) is 4.23. The molecule has 0 aliphatic carbocycles. The van der Waals surface area contributed by atoms with E-state index in [0.717, 1.165) is 11.1 Å². The molecule has 0 radical (unpaired) electrons. The number of phenolic OH excluding ortho intramolecular Hbond substituents is 2. The first-order valence-corrected chi connectivity index (χ1v) is 6.41. The molecule has 108 valence electrons. The lowest BCUT2D eigenvalue weighted by Crippen LogP contribution is -2.19. The number of phenols is 2. The summed E-state index contributed by atoms with van der Waals surface area (Å²) in [6, 6.07) is 11.4. The summed E-state index contributed by atoms with van der Waals surface area (Å²) >= 11 is 0. The van der Waals surface area contributed by atoms with E-state index in [1.165, 1.54) is 18.2 Å². The van der Waals surface area contributed by atoms with E-state index in [0.29, 0.717) is 5.71 Å². The molecule has 0 aromatic heterocycles. The van der Waals surface area contributed by atoms with E-state index in [9.17, 15) is 15.0 Å². The van der Waals surface area contributed by atoms with Gasteiger partial charge in [0.05, 0.1) is 11.3 Å². The van der Waals surface area contributed by atoms with Crippen molar-refractivity contribution in [3.05, 3.63) is 59.2 Å². The zero-order chi connectivity index (χ0) is 15.4. The Hall–Kier alpha value is -2.82. The minimum Gasteiger partial charge on any atom is -0.508 e. The third kappa shape index (κ3) is 3.39. The first-order valence-electron chi connectivity index (χ1n) is 6.41. The number of benzene rings is 2. The lowest BCUT2D eigenvalue weighted by molar-refractivity contribution is 0.0951. The molecule has 2 aromatic rings. The molecule has 0 spiro atoms. The maximum absolute atomic E-state index is 11.9. The summed E-state index contributed by atoms with van der Waals surface area (Å²) in [6.07, 6.45) is 0. The fourth-order valence-electron chi connectivity index (χ4n) is 1.94. The molecule has 2 aromatic carbocycles. The van der Waals surface area contributed by atoms with Gasteiger partial charge in [0.2, 0.25) is 0 Å². The molecule has 2 rings (SSSR count). The highest BCUT2D eigenvalue weighted by Gasteiger charge is 2.11. The van der Waals surface area contributed by atoms with Crippen LogP contribution >= 0.6 is 0 Å². The first kappa shape index (κ1) is 14.6. The van der Waals surface area contributed by atoms with Gasteiger partial charge in [0.1, 0.15) is 11.5 Å². The number of amides is 1. The number of nitrogens with one attached hydrogen (secondary N) is 1. The van der Waals surface area contributed by atoms with E-state index in [1.54, 1.807) is 6.92 Å². The van der Waals surface area contributed by atoms with Crippen LogP contribution in [0.15, 0.2) is 47.6 Å². The molecule has 0 bridgehead atoms. The van der Waals surface area contributed by atoms with Gasteiger partial charge in [-0.25, -0.2) is 5.43 Å². The average molecular weight is 284 g/mol. The highest BCUT2D eigenvalue weighted by molar-refractivity contribution is 6.02. The quantitative estimate of drug-likeness (QED) is 0.460. The van der Waals surface area contributed by atoms with Crippen LogP contribution in [0.25, 0.3) is 0 Å². The Morgan fingerprint density at radius 3 is 2.52 bits per heavy atom. The molecule has 0 aliphatic rings. The molecule has 0 atom stereocenters. The summed E-state index contributed by atoms with van der Waals surface area (Å²) < 4.78 is 0. The molecule has 0 unspecified atom stereocenters. The number of hydrazone groups is 1. The first-order chi connectivity index (χ1) is 9.99. The second-order valence-electron chi connectivity index (χ2n) is 4.65. The topological polar surface area (TPSA) is 81.9 Å². The van der Waals surface area contributed by atoms with E-state index < -0.39 is 5.91 Å². The number of hydrogen-bond donors (Lipinski definition) is 3. The summed E-state index contributed by atoms with van der Waals surface area (Å²) in [5.74, 6) is -0.900. The van der Waals surface area contributed by atoms with Crippen molar-refractivity contribution in [3.63, 3.8) is 0 Å². The second-order valence-corrected chi connectivity index (χ2v) is 4.65. The standard InChI is InChI=1S/C16H16N2O3/c1-10-5-3-4-6-13(10)11(2)17-18-16(21)14-9-12(19)7-8-15(14)20/h3-9,19-20H,1-2H3,(H,18,21). The molecule has 3 N–H and O–H groups in total. The van der Waals surface area contributed by atoms with Crippen molar-refractivity contribution < 1.29 is 15.0 Å². The second kappa shape index (κ2) is 6.09. The molecule has 0 saturated heterocycles. The smallest absolute Gasteiger partial charge is 0.275 e. The highest BCUT2D eigenvalue weighted by Crippen LogP contribution is 2.21. The van der Waals surface area contributed by atoms with E-state index in [4.69, 9.17) is 0 Å². The van der Waals surface area contributed by atoms with Gasteiger partial charge in [-0.2, -0.15) is 5.10 Å². The molecule has 0 saturated carbocycles. The van der Waals surface area contributed by atoms with E-state index >= 15 is 0 Å². The summed E-state index contributed by atoms with van der Waals surface area (Å²) in [7, 11) is 0. The van der Waals surface area contributed by atoms with Crippen LogP contribution < -0.4 is 5.43 Å². The Morgan fingerprint density at radius 2 is 1.81 bits per heavy atom. The summed E-state index contributed by atoms with van der Waals surface area (Å²) in [5.41, 5.74) is 4.97. The number of carbonyl (C=O) groups is 1. The normalized spacial score (nSPS) is 11.2. The minimum atomic E-state index is -0.587. The molecular formula is C16H16N2O3. The van der Waals surface area contributed by atoms with Crippen LogP contribution in [0.1, 0.15) is 28.4 Å². The van der Waals surface area contributed by atoms with Crippen LogP contribution in [0.2, 0.25) is 0 Å². The van der Waals surface area contributed by atoms with Crippen molar-refractivity contribution in [1.82, 2.24) is 5.43 Å². The zero-order valence-corrected chi connectivity index (χ0v) is 11.8. The number of aryl methyl sites for hydroxylation is 1. The van der Waals surface area contributed by atoms with Gasteiger partial charge in [-0.1, -0.05) is 24.3 Å². The Labute approximate surface area is 122 Å². The van der Waals surface area contributed by atoms with E-state index in [-0.39, 0.29) is 17.1 Å². The zero-order valence-electron chi connectivity index (χ0n) is 11.8. The van der Waals surface area contributed by atoms with E-state index in [2.05, 4.69) is 10.5 Å². The minimum absolute atomic E-state index is 0.0312. The van der Waals surface area contributed by atoms with Crippen LogP contribution in [0.5, 0.6) is 11.5 Å². The number of hydrogen-bond acceptors (Lipinski definition) is 4. The van der Waals surface area contributed by atoms with Crippen LogP contribution in [0, 0.1) is 6.92 Å². The summed E-state index contributed by atoms with van der Waals surface area (Å²) in [6.45, 7) is 3.74. The van der Waals surface area contributed by atoms with Gasteiger partial charge in [0.15, 0.2) is 0 Å². The third-order valence-corrected chi connectivity index (χ3v) is 3.08. The van der Waals surface area contributed by atoms with Crippen LogP contribution in [-0.4, -0.2) is 21.8 Å². The number of nitrogens with zero attached hydrogens (tertiary/aromatic N) is 1. The predicted molar refractivity (Wildman–Crippen MR) is 80.6 cm³/mol. The lowest BCUT2D eigenvalue weighted by Gasteiger charge is -2.07. The predicted octanol–water partition coefficient (Wildman–Crippen LogP) is 2.56. The molecular weight excluding hydrogens is 268 g/mol. The largest absolute Gasteiger partial charge is 0.508 e. The van der Waals surface area contributed by atoms with Crippen molar-refractivity contribution in [3.8, 4) is 11.5 Å². The average Bonchev–Trinajstić information content (AvgIpc) is 2.47. The summed E-state index contributed by atoms with van der Waals surface area (Å²) in [5, 5.41) is 23.0. The number of aromatic hydroxyl groups is 2. The fraction of sp³-hybridized carbons (Fsp3) is 0.125. The molecule has 1 amide bonds. The van der Waals surface area contributed by atoms with Crippen molar-refractivity contribution in [1.29, 1.82) is 0 Å². The monoisotopic (exact) mass is 284 g/mol. The van der Waals surface area contributed by atoms with Crippen molar-refractivity contribution in [2.45, 2.75) is 13.8 Å². The molecule has 0 aliphatic heterocycles. The molecule has 0 fully saturated rings. The Bertz CT molecular complexity index is 708. The Balaban J connectivity index is 2.19. The molecule has 5 nitrogen and oxygen atoms in total. The van der Waals surface area contributed by atoms with Gasteiger partial charge in [-0.15, -0.1) is 0 Å². The highest BCUT2D eigenvalue weighted by atomic mass is 16.3. The van der Waals surface area contributed by atoms with Gasteiger partial charge in [-0.3, -0.25) is 4.79 Å². The van der Waals surface area contributed by atoms with Crippen LogP contribution in [0.3, 0.4) is 0 Å². The summed E-state index contributed by atoms with van der Waals surface area (Å²) in [4.78, 5) is 11.9. The van der Waals surface area contributed by atoms with Crippen molar-refractivity contribution >= 4 is 11.6 Å². The van der Waals surface area contributed by atoms with E-state index in [1.807, 2.05) is 31.2 Å². The third-order valence-electron chi connectivity index (χ3n) is 3.08. The van der Waals surface area contributed by atoms with Gasteiger partial charge >= 0.3 is 0 Å². The van der Waals surface area contributed by atoms with Crippen molar-refractivity contribution in [2.75, 3.05) is 0 Å². The fourth-order valence-corrected chi connectivity index (χ4v) is 1.94. The molecule has 21 heavy (non-hydrogen) atoms.